The van der Waals surface area contributed by atoms with Gasteiger partial charge in [0.25, 0.3) is 0 Å². The summed E-state index contributed by atoms with van der Waals surface area (Å²) < 4.78 is 48.5. The number of amidine groups is 1. The predicted molar refractivity (Wildman–Crippen MR) is 121 cm³/mol. The van der Waals surface area contributed by atoms with Crippen molar-refractivity contribution in [3.63, 3.8) is 0 Å². The molecular formula is C22H21F3N6OS. The number of alkyl halides is 1. The monoisotopic (exact) mass is 474 g/mol. The van der Waals surface area contributed by atoms with Gasteiger partial charge in [0.1, 0.15) is 17.6 Å². The SMILES string of the molecule is COc1cnc2c(Nc3cc(F)c(F)c([C@@H]4N=C(N)SC5C4C(CF)[C@@H]5C)c3)ncnc2c1. The van der Waals surface area contributed by atoms with E-state index in [-0.39, 0.29) is 34.3 Å². The standard InChI is InChI=1S/C22H21F3N6OS/c1-9-13(6-23)16-18(31-22(26)33-20(9)16)12-3-10(4-14(24)17(12)25)30-21-19-15(28-8-29-21)5-11(32-2)7-27-19/h3-5,7-9,13,16,18,20H,6H2,1-2H3,(H2,26,31)(H,28,29,30)/t9-,13?,16?,18-,20?/m0/s1. The number of pyridine rings is 1. The first-order chi connectivity index (χ1) is 15.9. The lowest BCUT2D eigenvalue weighted by molar-refractivity contribution is 0.0499. The number of fused-ring (bicyclic) bond motifs is 2. The molecule has 7 nitrogen and oxygen atoms in total. The minimum Gasteiger partial charge on any atom is -0.495 e. The van der Waals surface area contributed by atoms with Crippen molar-refractivity contribution in [3.05, 3.63) is 47.9 Å². The van der Waals surface area contributed by atoms with Gasteiger partial charge in [-0.15, -0.1) is 0 Å². The van der Waals surface area contributed by atoms with Crippen LogP contribution in [0.2, 0.25) is 0 Å². The molecule has 3 N–H and O–H groups in total. The van der Waals surface area contributed by atoms with Crippen LogP contribution in [0.3, 0.4) is 0 Å². The third-order valence-electron chi connectivity index (χ3n) is 6.46. The van der Waals surface area contributed by atoms with Crippen LogP contribution in [0.4, 0.5) is 24.7 Å². The van der Waals surface area contributed by atoms with Gasteiger partial charge in [0, 0.05) is 34.6 Å². The van der Waals surface area contributed by atoms with Crippen molar-refractivity contribution < 1.29 is 17.9 Å². The molecule has 0 amide bonds. The number of anilines is 2. The molecule has 1 aromatic carbocycles. The summed E-state index contributed by atoms with van der Waals surface area (Å²) in [4.78, 5) is 17.1. The molecule has 5 atom stereocenters. The number of nitrogens with one attached hydrogen (secondary N) is 1. The Morgan fingerprint density at radius 2 is 2.00 bits per heavy atom. The van der Waals surface area contributed by atoms with E-state index in [2.05, 4.69) is 25.3 Å². The van der Waals surface area contributed by atoms with Gasteiger partial charge in [-0.25, -0.2) is 23.7 Å². The lowest BCUT2D eigenvalue weighted by Gasteiger charge is -2.53. The van der Waals surface area contributed by atoms with E-state index >= 15 is 0 Å². The van der Waals surface area contributed by atoms with Crippen LogP contribution >= 0.6 is 11.8 Å². The summed E-state index contributed by atoms with van der Waals surface area (Å²) in [5.74, 6) is -1.69. The number of halogens is 3. The number of benzene rings is 1. The lowest BCUT2D eigenvalue weighted by Crippen LogP contribution is -2.54. The average molecular weight is 475 g/mol. The van der Waals surface area contributed by atoms with E-state index in [0.29, 0.717) is 27.8 Å². The highest BCUT2D eigenvalue weighted by molar-refractivity contribution is 8.14. The van der Waals surface area contributed by atoms with Gasteiger partial charge in [0.15, 0.2) is 22.6 Å². The largest absolute Gasteiger partial charge is 0.495 e. The molecule has 1 saturated carbocycles. The molecule has 1 fully saturated rings. The molecule has 5 rings (SSSR count). The highest BCUT2D eigenvalue weighted by Gasteiger charge is 2.54. The highest BCUT2D eigenvalue weighted by atomic mass is 32.2. The zero-order valence-corrected chi connectivity index (χ0v) is 18.6. The van der Waals surface area contributed by atoms with Gasteiger partial charge < -0.3 is 15.8 Å². The maximum Gasteiger partial charge on any atom is 0.164 e. The maximum atomic E-state index is 15.0. The molecule has 0 saturated heterocycles. The van der Waals surface area contributed by atoms with E-state index in [1.807, 2.05) is 6.92 Å². The van der Waals surface area contributed by atoms with Gasteiger partial charge in [-0.1, -0.05) is 18.7 Å². The van der Waals surface area contributed by atoms with Gasteiger partial charge in [-0.3, -0.25) is 9.38 Å². The Bertz CT molecular complexity index is 1260. The normalized spacial score (nSPS) is 26.3. The molecule has 3 aromatic rings. The Hall–Kier alpha value is -3.08. The smallest absolute Gasteiger partial charge is 0.164 e. The molecule has 172 valence electrons. The summed E-state index contributed by atoms with van der Waals surface area (Å²) in [6, 6.07) is 3.43. The summed E-state index contributed by atoms with van der Waals surface area (Å²) in [7, 11) is 1.52. The number of nitrogens with zero attached hydrogens (tertiary/aromatic N) is 4. The minimum atomic E-state index is -1.05. The summed E-state index contributed by atoms with van der Waals surface area (Å²) in [5, 5.41) is 3.31. The molecule has 1 aliphatic carbocycles. The van der Waals surface area contributed by atoms with Gasteiger partial charge in [0.05, 0.1) is 31.5 Å². The van der Waals surface area contributed by atoms with Gasteiger partial charge in [0.2, 0.25) is 0 Å². The zero-order chi connectivity index (χ0) is 23.3. The van der Waals surface area contributed by atoms with Crippen molar-refractivity contribution in [1.82, 2.24) is 15.0 Å². The summed E-state index contributed by atoms with van der Waals surface area (Å²) in [5.41, 5.74) is 7.24. The Balaban J connectivity index is 1.54. The van der Waals surface area contributed by atoms with Gasteiger partial charge in [-0.2, -0.15) is 0 Å². The Kier molecular flexibility index (Phi) is 5.51. The number of hydrogen-bond acceptors (Lipinski definition) is 8. The molecular weight excluding hydrogens is 453 g/mol. The molecule has 2 aliphatic rings. The van der Waals surface area contributed by atoms with Crippen LogP contribution in [0.15, 0.2) is 35.7 Å². The number of aromatic nitrogens is 3. The number of ether oxygens (including phenoxy) is 1. The van der Waals surface area contributed by atoms with E-state index in [4.69, 9.17) is 10.5 Å². The topological polar surface area (TPSA) is 98.3 Å². The van der Waals surface area contributed by atoms with Crippen LogP contribution in [-0.2, 0) is 0 Å². The van der Waals surface area contributed by atoms with Crippen LogP contribution in [0.5, 0.6) is 5.75 Å². The minimum absolute atomic E-state index is 0.0114. The second-order valence-corrected chi connectivity index (χ2v) is 9.40. The molecule has 2 aromatic heterocycles. The molecule has 1 aliphatic heterocycles. The maximum absolute atomic E-state index is 15.0. The van der Waals surface area contributed by atoms with Crippen LogP contribution in [0.25, 0.3) is 11.0 Å². The summed E-state index contributed by atoms with van der Waals surface area (Å²) in [6.45, 7) is 1.41. The summed E-state index contributed by atoms with van der Waals surface area (Å²) >= 11 is 1.38. The molecule has 3 unspecified atom stereocenters. The summed E-state index contributed by atoms with van der Waals surface area (Å²) in [6.07, 6.45) is 2.85. The highest BCUT2D eigenvalue weighted by Crippen LogP contribution is 2.57. The van der Waals surface area contributed by atoms with E-state index in [1.165, 1.54) is 37.5 Å². The average Bonchev–Trinajstić information content (AvgIpc) is 2.81. The number of methoxy groups -OCH3 is 1. The zero-order valence-electron chi connectivity index (χ0n) is 17.8. The van der Waals surface area contributed by atoms with Crippen molar-refractivity contribution >= 4 is 39.5 Å². The Morgan fingerprint density at radius 1 is 1.18 bits per heavy atom. The first kappa shape index (κ1) is 21.7. The van der Waals surface area contributed by atoms with Crippen molar-refractivity contribution in [2.24, 2.45) is 28.5 Å². The van der Waals surface area contributed by atoms with E-state index in [9.17, 15) is 13.2 Å². The van der Waals surface area contributed by atoms with E-state index in [1.54, 1.807) is 6.07 Å². The van der Waals surface area contributed by atoms with Crippen molar-refractivity contribution in [2.45, 2.75) is 18.2 Å². The first-order valence-electron chi connectivity index (χ1n) is 10.4. The number of aliphatic imine (C=N–C) groups is 1. The van der Waals surface area contributed by atoms with Crippen molar-refractivity contribution in [2.75, 3.05) is 19.1 Å². The van der Waals surface area contributed by atoms with Gasteiger partial charge >= 0.3 is 0 Å². The third-order valence-corrected chi connectivity index (χ3v) is 7.82. The number of rotatable bonds is 5. The van der Waals surface area contributed by atoms with Crippen molar-refractivity contribution in [3.8, 4) is 5.75 Å². The van der Waals surface area contributed by atoms with E-state index < -0.39 is 24.4 Å². The fraction of sp³-hybridized carbons (Fsp3) is 0.364. The number of hydrogen-bond donors (Lipinski definition) is 2. The predicted octanol–water partition coefficient (Wildman–Crippen LogP) is 4.38. The van der Waals surface area contributed by atoms with E-state index in [0.717, 1.165) is 6.07 Å². The fourth-order valence-corrected chi connectivity index (χ4v) is 6.10. The first-order valence-corrected chi connectivity index (χ1v) is 11.3. The Labute approximate surface area is 192 Å². The fourth-order valence-electron chi connectivity index (χ4n) is 4.72. The van der Waals surface area contributed by atoms with Crippen molar-refractivity contribution in [1.29, 1.82) is 0 Å². The molecule has 0 bridgehead atoms. The number of thioether (sulfide) groups is 1. The third kappa shape index (κ3) is 3.64. The Morgan fingerprint density at radius 3 is 2.76 bits per heavy atom. The molecule has 33 heavy (non-hydrogen) atoms. The quantitative estimate of drug-likeness (QED) is 0.566. The second kappa shape index (κ2) is 8.36. The molecule has 0 spiro atoms. The molecule has 11 heteroatoms. The molecule has 0 radical (unpaired) electrons. The van der Waals surface area contributed by atoms with Crippen LogP contribution in [0, 0.1) is 29.4 Å². The second-order valence-electron chi connectivity index (χ2n) is 8.20. The van der Waals surface area contributed by atoms with Crippen LogP contribution in [0.1, 0.15) is 18.5 Å². The molecule has 3 heterocycles. The van der Waals surface area contributed by atoms with Gasteiger partial charge in [-0.05, 0) is 17.9 Å². The lowest BCUT2D eigenvalue weighted by atomic mass is 9.61. The van der Waals surface area contributed by atoms with Crippen LogP contribution < -0.4 is 15.8 Å². The number of nitrogens with two attached hydrogens (primary N) is 1. The van der Waals surface area contributed by atoms with Crippen LogP contribution in [-0.4, -0.2) is 39.2 Å².